The maximum Gasteiger partial charge on any atom is 0.315 e. The standard InChI is InChI=1S/C12H22N2O4S/c1-12(2,6-3-10(15)16)14-11(17)13-9-4-7-19(18)8-5-9/h9H,3-8H2,1-2H3,(H,15,16)(H2,13,14,17). The van der Waals surface area contributed by atoms with Crippen molar-refractivity contribution in [3.05, 3.63) is 0 Å². The lowest BCUT2D eigenvalue weighted by molar-refractivity contribution is -0.137. The zero-order valence-corrected chi connectivity index (χ0v) is 12.2. The van der Waals surface area contributed by atoms with Crippen LogP contribution in [0.15, 0.2) is 0 Å². The highest BCUT2D eigenvalue weighted by Crippen LogP contribution is 2.12. The normalized spacial score (nSPS) is 23.7. The third-order valence-electron chi connectivity index (χ3n) is 3.14. The monoisotopic (exact) mass is 290 g/mol. The van der Waals surface area contributed by atoms with Gasteiger partial charge in [0, 0.05) is 40.3 Å². The Hall–Kier alpha value is -1.11. The number of amides is 2. The molecule has 0 saturated carbocycles. The first-order valence-electron chi connectivity index (χ1n) is 6.44. The topological polar surface area (TPSA) is 95.5 Å². The van der Waals surface area contributed by atoms with E-state index in [0.717, 1.165) is 12.8 Å². The van der Waals surface area contributed by atoms with E-state index in [2.05, 4.69) is 10.6 Å². The van der Waals surface area contributed by atoms with Crippen LogP contribution >= 0.6 is 0 Å². The molecule has 3 N–H and O–H groups in total. The van der Waals surface area contributed by atoms with E-state index in [1.54, 1.807) is 13.8 Å². The average molecular weight is 290 g/mol. The summed E-state index contributed by atoms with van der Waals surface area (Å²) in [4.78, 5) is 22.3. The number of aliphatic carboxylic acids is 1. The van der Waals surface area contributed by atoms with Gasteiger partial charge in [0.05, 0.1) is 0 Å². The molecular formula is C12H22N2O4S. The van der Waals surface area contributed by atoms with Gasteiger partial charge in [-0.25, -0.2) is 4.79 Å². The number of carbonyl (C=O) groups is 2. The molecule has 1 rings (SSSR count). The fraction of sp³-hybridized carbons (Fsp3) is 0.833. The second-order valence-electron chi connectivity index (χ2n) is 5.50. The Bertz CT molecular complexity index is 361. The van der Waals surface area contributed by atoms with Gasteiger partial charge in [0.15, 0.2) is 0 Å². The summed E-state index contributed by atoms with van der Waals surface area (Å²) in [6.07, 6.45) is 1.87. The first kappa shape index (κ1) is 15.9. The molecule has 1 fully saturated rings. The molecule has 6 nitrogen and oxygen atoms in total. The van der Waals surface area contributed by atoms with Crippen LogP contribution in [0.3, 0.4) is 0 Å². The van der Waals surface area contributed by atoms with Crippen molar-refractivity contribution in [3.63, 3.8) is 0 Å². The molecule has 0 atom stereocenters. The molecule has 0 unspecified atom stereocenters. The largest absolute Gasteiger partial charge is 0.481 e. The van der Waals surface area contributed by atoms with Crippen molar-refractivity contribution in [1.82, 2.24) is 10.6 Å². The summed E-state index contributed by atoms with van der Waals surface area (Å²) in [6, 6.07) is -0.221. The van der Waals surface area contributed by atoms with E-state index < -0.39 is 22.3 Å². The molecular weight excluding hydrogens is 268 g/mol. The van der Waals surface area contributed by atoms with E-state index in [9.17, 15) is 13.8 Å². The molecule has 0 aliphatic carbocycles. The van der Waals surface area contributed by atoms with Crippen LogP contribution in [-0.2, 0) is 15.6 Å². The average Bonchev–Trinajstić information content (AvgIpc) is 2.29. The number of carboxylic acid groups (broad SMARTS) is 1. The molecule has 0 spiro atoms. The van der Waals surface area contributed by atoms with Gasteiger partial charge in [0.2, 0.25) is 0 Å². The molecule has 7 heteroatoms. The van der Waals surface area contributed by atoms with Crippen molar-refractivity contribution >= 4 is 22.8 Å². The third-order valence-corrected chi connectivity index (χ3v) is 4.52. The first-order valence-corrected chi connectivity index (χ1v) is 7.93. The quantitative estimate of drug-likeness (QED) is 0.699. The van der Waals surface area contributed by atoms with Crippen molar-refractivity contribution < 1.29 is 18.9 Å². The fourth-order valence-corrected chi connectivity index (χ4v) is 3.25. The minimum Gasteiger partial charge on any atom is -0.481 e. The third kappa shape index (κ3) is 6.56. The van der Waals surface area contributed by atoms with Gasteiger partial charge in [-0.2, -0.15) is 0 Å². The molecule has 0 aromatic heterocycles. The fourth-order valence-electron chi connectivity index (χ4n) is 1.95. The van der Waals surface area contributed by atoms with E-state index in [4.69, 9.17) is 5.11 Å². The Morgan fingerprint density at radius 2 is 1.89 bits per heavy atom. The molecule has 19 heavy (non-hydrogen) atoms. The van der Waals surface area contributed by atoms with Crippen LogP contribution in [-0.4, -0.2) is 44.4 Å². The van der Waals surface area contributed by atoms with Gasteiger partial charge < -0.3 is 15.7 Å². The lowest BCUT2D eigenvalue weighted by Gasteiger charge is -2.28. The number of hydrogen-bond donors (Lipinski definition) is 3. The SMILES string of the molecule is CC(C)(CCC(=O)O)NC(=O)NC1CCS(=O)CC1. The smallest absolute Gasteiger partial charge is 0.315 e. The van der Waals surface area contributed by atoms with Crippen LogP contribution in [0.4, 0.5) is 4.79 Å². The first-order chi connectivity index (χ1) is 8.78. The number of carbonyl (C=O) groups excluding carboxylic acids is 1. The molecule has 1 aliphatic rings. The van der Waals surface area contributed by atoms with Crippen molar-refractivity contribution in [1.29, 1.82) is 0 Å². The minimum atomic E-state index is -0.870. The predicted molar refractivity (Wildman–Crippen MR) is 73.5 cm³/mol. The van der Waals surface area contributed by atoms with Gasteiger partial charge in [-0.15, -0.1) is 0 Å². The highest BCUT2D eigenvalue weighted by molar-refractivity contribution is 7.85. The van der Waals surface area contributed by atoms with Gasteiger partial charge in [-0.3, -0.25) is 9.00 Å². The molecule has 0 aromatic carbocycles. The number of urea groups is 1. The number of carboxylic acids is 1. The summed E-state index contributed by atoms with van der Waals surface area (Å²) >= 11 is 0. The molecule has 1 heterocycles. The summed E-state index contributed by atoms with van der Waals surface area (Å²) in [5.41, 5.74) is -0.556. The Kier molecular flexibility index (Phi) is 5.78. The van der Waals surface area contributed by atoms with Crippen LogP contribution in [0.1, 0.15) is 39.5 Å². The number of hydrogen-bond acceptors (Lipinski definition) is 3. The second-order valence-corrected chi connectivity index (χ2v) is 7.19. The van der Waals surface area contributed by atoms with E-state index in [-0.39, 0.29) is 18.5 Å². The molecule has 0 radical (unpaired) electrons. The molecule has 1 aliphatic heterocycles. The van der Waals surface area contributed by atoms with E-state index in [1.165, 1.54) is 0 Å². The van der Waals surface area contributed by atoms with Crippen molar-refractivity contribution in [2.45, 2.75) is 51.1 Å². The summed E-state index contributed by atoms with van der Waals surface area (Å²) < 4.78 is 11.2. The molecule has 0 aromatic rings. The Morgan fingerprint density at radius 3 is 2.42 bits per heavy atom. The highest BCUT2D eigenvalue weighted by Gasteiger charge is 2.24. The van der Waals surface area contributed by atoms with Gasteiger partial charge in [0.25, 0.3) is 0 Å². The van der Waals surface area contributed by atoms with Crippen molar-refractivity contribution in [2.75, 3.05) is 11.5 Å². The van der Waals surface area contributed by atoms with E-state index in [0.29, 0.717) is 17.9 Å². The van der Waals surface area contributed by atoms with Crippen LogP contribution in [0.25, 0.3) is 0 Å². The highest BCUT2D eigenvalue weighted by atomic mass is 32.2. The lowest BCUT2D eigenvalue weighted by atomic mass is 9.99. The number of nitrogens with one attached hydrogen (secondary N) is 2. The summed E-state index contributed by atoms with van der Waals surface area (Å²) in [7, 11) is -0.740. The maximum atomic E-state index is 11.8. The molecule has 1 saturated heterocycles. The predicted octanol–water partition coefficient (Wildman–Crippen LogP) is 0.840. The van der Waals surface area contributed by atoms with Crippen molar-refractivity contribution in [2.24, 2.45) is 0 Å². The van der Waals surface area contributed by atoms with Gasteiger partial charge in [-0.1, -0.05) is 0 Å². The number of rotatable bonds is 5. The Balaban J connectivity index is 2.33. The van der Waals surface area contributed by atoms with Crippen LogP contribution in [0.2, 0.25) is 0 Å². The maximum absolute atomic E-state index is 11.8. The van der Waals surface area contributed by atoms with Gasteiger partial charge >= 0.3 is 12.0 Å². The van der Waals surface area contributed by atoms with E-state index >= 15 is 0 Å². The van der Waals surface area contributed by atoms with Crippen LogP contribution in [0.5, 0.6) is 0 Å². The Morgan fingerprint density at radius 1 is 1.32 bits per heavy atom. The minimum absolute atomic E-state index is 0.0235. The summed E-state index contributed by atoms with van der Waals surface area (Å²) in [5, 5.41) is 14.3. The van der Waals surface area contributed by atoms with Crippen molar-refractivity contribution in [3.8, 4) is 0 Å². The summed E-state index contributed by atoms with van der Waals surface area (Å²) in [6.45, 7) is 3.59. The Labute approximate surface area is 115 Å². The van der Waals surface area contributed by atoms with Gasteiger partial charge in [0.1, 0.15) is 0 Å². The molecule has 110 valence electrons. The zero-order valence-electron chi connectivity index (χ0n) is 11.4. The van der Waals surface area contributed by atoms with Gasteiger partial charge in [-0.05, 0) is 33.1 Å². The second kappa shape index (κ2) is 6.88. The van der Waals surface area contributed by atoms with Crippen LogP contribution in [0, 0.1) is 0 Å². The van der Waals surface area contributed by atoms with Crippen LogP contribution < -0.4 is 10.6 Å². The summed E-state index contributed by atoms with van der Waals surface area (Å²) in [5.74, 6) is 0.394. The zero-order chi connectivity index (χ0) is 14.5. The molecule has 2 amide bonds. The lowest BCUT2D eigenvalue weighted by Crippen LogP contribution is -2.52. The van der Waals surface area contributed by atoms with E-state index in [1.807, 2.05) is 0 Å². The molecule has 0 bridgehead atoms.